The minimum atomic E-state index is -5.04. The zero-order valence-electron chi connectivity index (χ0n) is 13.2. The lowest BCUT2D eigenvalue weighted by Crippen LogP contribution is -2.12. The molecule has 0 saturated heterocycles. The number of hydrogen-bond donors (Lipinski definition) is 0. The van der Waals surface area contributed by atoms with Gasteiger partial charge in [-0.3, -0.25) is 0 Å². The molecular formula is C17H8F6N4. The molecular weight excluding hydrogens is 374 g/mol. The summed E-state index contributed by atoms with van der Waals surface area (Å²) in [5.74, 6) is 0. The van der Waals surface area contributed by atoms with Gasteiger partial charge < -0.3 is 0 Å². The fraction of sp³-hybridized carbons (Fsp3) is 0.118. The average molecular weight is 382 g/mol. The van der Waals surface area contributed by atoms with Crippen LogP contribution >= 0.6 is 0 Å². The third-order valence-corrected chi connectivity index (χ3v) is 3.67. The van der Waals surface area contributed by atoms with Crippen molar-refractivity contribution in [1.82, 2.24) is 15.0 Å². The summed E-state index contributed by atoms with van der Waals surface area (Å²) in [5, 5.41) is 16.9. The van der Waals surface area contributed by atoms with Gasteiger partial charge in [0.1, 0.15) is 17.3 Å². The van der Waals surface area contributed by atoms with Crippen LogP contribution in [0.15, 0.2) is 42.5 Å². The maximum absolute atomic E-state index is 13.3. The zero-order valence-corrected chi connectivity index (χ0v) is 13.2. The second-order valence-corrected chi connectivity index (χ2v) is 5.43. The summed E-state index contributed by atoms with van der Waals surface area (Å²) in [6.45, 7) is 0. The molecule has 0 aliphatic rings. The van der Waals surface area contributed by atoms with Gasteiger partial charge in [-0.15, -0.1) is 5.10 Å². The molecule has 0 aliphatic heterocycles. The zero-order chi connectivity index (χ0) is 19.8. The highest BCUT2D eigenvalue weighted by Gasteiger charge is 2.37. The molecule has 0 fully saturated rings. The first-order valence-corrected chi connectivity index (χ1v) is 7.32. The minimum Gasteiger partial charge on any atom is -0.202 e. The number of alkyl halides is 6. The van der Waals surface area contributed by atoms with Crippen molar-refractivity contribution in [1.29, 1.82) is 5.26 Å². The number of nitriles is 1. The quantitative estimate of drug-likeness (QED) is 0.464. The minimum absolute atomic E-state index is 0.0142. The number of benzene rings is 2. The summed E-state index contributed by atoms with van der Waals surface area (Å²) in [6, 6.07) is 9.33. The lowest BCUT2D eigenvalue weighted by atomic mass is 10.0. The van der Waals surface area contributed by atoms with Gasteiger partial charge in [0.25, 0.3) is 0 Å². The molecule has 0 atom stereocenters. The van der Waals surface area contributed by atoms with Crippen molar-refractivity contribution < 1.29 is 26.3 Å². The van der Waals surface area contributed by atoms with Crippen LogP contribution in [-0.2, 0) is 12.4 Å². The number of fused-ring (bicyclic) bond motifs is 1. The van der Waals surface area contributed by atoms with Crippen molar-refractivity contribution in [3.05, 3.63) is 59.2 Å². The Morgan fingerprint density at radius 3 is 2.33 bits per heavy atom. The van der Waals surface area contributed by atoms with Crippen LogP contribution in [0.2, 0.25) is 0 Å². The molecule has 2 aromatic carbocycles. The Bertz CT molecular complexity index is 1070. The smallest absolute Gasteiger partial charge is 0.202 e. The lowest BCUT2D eigenvalue weighted by molar-refractivity contribution is -0.143. The first kappa shape index (κ1) is 18.4. The molecule has 3 rings (SSSR count). The van der Waals surface area contributed by atoms with E-state index in [-0.39, 0.29) is 11.8 Å². The van der Waals surface area contributed by atoms with Crippen LogP contribution < -0.4 is 0 Å². The van der Waals surface area contributed by atoms with E-state index in [4.69, 9.17) is 0 Å². The molecule has 0 bridgehead atoms. The second-order valence-electron chi connectivity index (χ2n) is 5.43. The van der Waals surface area contributed by atoms with E-state index in [9.17, 15) is 31.6 Å². The largest absolute Gasteiger partial charge is 0.417 e. The van der Waals surface area contributed by atoms with Crippen LogP contribution in [0.4, 0.5) is 26.3 Å². The molecule has 0 radical (unpaired) electrons. The third-order valence-electron chi connectivity index (χ3n) is 3.67. The van der Waals surface area contributed by atoms with Crippen LogP contribution in [0.1, 0.15) is 16.7 Å². The van der Waals surface area contributed by atoms with E-state index in [2.05, 4.69) is 10.3 Å². The van der Waals surface area contributed by atoms with Crippen molar-refractivity contribution in [2.24, 2.45) is 0 Å². The highest BCUT2D eigenvalue weighted by atomic mass is 19.4. The Morgan fingerprint density at radius 1 is 1.00 bits per heavy atom. The van der Waals surface area contributed by atoms with E-state index in [0.29, 0.717) is 23.2 Å². The Labute approximate surface area is 147 Å². The normalized spacial score (nSPS) is 13.0. The Hall–Kier alpha value is -3.35. The van der Waals surface area contributed by atoms with Gasteiger partial charge in [-0.1, -0.05) is 23.4 Å². The topological polar surface area (TPSA) is 54.5 Å². The molecule has 0 spiro atoms. The summed E-state index contributed by atoms with van der Waals surface area (Å²) < 4.78 is 79.0. The summed E-state index contributed by atoms with van der Waals surface area (Å²) in [4.78, 5) is 0. The van der Waals surface area contributed by atoms with Crippen molar-refractivity contribution in [2.75, 3.05) is 0 Å². The standard InChI is InChI=1S/C17H8F6N4/c18-16(19,20)11-6-5-10(13(8-11)17(21,22)23)7-12(9-24)27-15-4-2-1-3-14(15)25-26-27/h1-8H/b12-7+. The molecule has 0 saturated carbocycles. The van der Waals surface area contributed by atoms with Gasteiger partial charge in [0.05, 0.1) is 16.6 Å². The van der Waals surface area contributed by atoms with Crippen molar-refractivity contribution in [3.8, 4) is 6.07 Å². The molecule has 10 heteroatoms. The molecule has 0 amide bonds. The van der Waals surface area contributed by atoms with Gasteiger partial charge in [0.2, 0.25) is 0 Å². The maximum atomic E-state index is 13.3. The number of aromatic nitrogens is 3. The van der Waals surface area contributed by atoms with E-state index in [1.807, 2.05) is 0 Å². The highest BCUT2D eigenvalue weighted by Crippen LogP contribution is 2.38. The number of allylic oxidation sites excluding steroid dienone is 1. The molecule has 27 heavy (non-hydrogen) atoms. The first-order valence-electron chi connectivity index (χ1n) is 7.32. The predicted molar refractivity (Wildman–Crippen MR) is 83.8 cm³/mol. The summed E-state index contributed by atoms with van der Waals surface area (Å²) in [5.41, 5.74) is -3.08. The molecule has 0 aliphatic carbocycles. The van der Waals surface area contributed by atoms with Crippen LogP contribution in [0.5, 0.6) is 0 Å². The van der Waals surface area contributed by atoms with Crippen LogP contribution in [0.3, 0.4) is 0 Å². The van der Waals surface area contributed by atoms with Crippen molar-refractivity contribution >= 4 is 22.8 Å². The molecule has 0 N–H and O–H groups in total. The summed E-state index contributed by atoms with van der Waals surface area (Å²) in [6.07, 6.45) is -9.15. The molecule has 0 unspecified atom stereocenters. The number of halogens is 6. The van der Waals surface area contributed by atoms with Gasteiger partial charge in [-0.2, -0.15) is 31.6 Å². The SMILES string of the molecule is N#C/C(=C\c1ccc(C(F)(F)F)cc1C(F)(F)F)n1nnc2ccccc21. The first-order chi connectivity index (χ1) is 12.6. The second kappa shape index (κ2) is 6.42. The van der Waals surface area contributed by atoms with Crippen LogP contribution in [-0.4, -0.2) is 15.0 Å². The van der Waals surface area contributed by atoms with E-state index in [1.165, 1.54) is 0 Å². The number of rotatable bonds is 2. The Balaban J connectivity index is 2.19. The molecule has 138 valence electrons. The van der Waals surface area contributed by atoms with Crippen LogP contribution in [0.25, 0.3) is 22.8 Å². The molecule has 1 aromatic heterocycles. The highest BCUT2D eigenvalue weighted by molar-refractivity contribution is 5.86. The van der Waals surface area contributed by atoms with Gasteiger partial charge in [-0.05, 0) is 35.9 Å². The number of para-hydroxylation sites is 1. The predicted octanol–water partition coefficient (Wildman–Crippen LogP) is 4.99. The van der Waals surface area contributed by atoms with Crippen molar-refractivity contribution in [3.63, 3.8) is 0 Å². The van der Waals surface area contributed by atoms with Gasteiger partial charge >= 0.3 is 12.4 Å². The third kappa shape index (κ3) is 3.62. The molecule has 3 aromatic rings. The maximum Gasteiger partial charge on any atom is 0.417 e. The van der Waals surface area contributed by atoms with Gasteiger partial charge in [-0.25, -0.2) is 4.68 Å². The fourth-order valence-electron chi connectivity index (χ4n) is 2.44. The fourth-order valence-corrected chi connectivity index (χ4v) is 2.44. The van der Waals surface area contributed by atoms with E-state index >= 15 is 0 Å². The molecule has 4 nitrogen and oxygen atoms in total. The monoisotopic (exact) mass is 382 g/mol. The summed E-state index contributed by atoms with van der Waals surface area (Å²) in [7, 11) is 0. The van der Waals surface area contributed by atoms with E-state index < -0.39 is 29.0 Å². The van der Waals surface area contributed by atoms with Crippen LogP contribution in [0, 0.1) is 11.3 Å². The van der Waals surface area contributed by atoms with E-state index in [1.54, 1.807) is 30.3 Å². The number of hydrogen-bond acceptors (Lipinski definition) is 3. The van der Waals surface area contributed by atoms with E-state index in [0.717, 1.165) is 10.8 Å². The van der Waals surface area contributed by atoms with Gasteiger partial charge in [0.15, 0.2) is 0 Å². The number of nitrogens with zero attached hydrogens (tertiary/aromatic N) is 4. The summed E-state index contributed by atoms with van der Waals surface area (Å²) >= 11 is 0. The Kier molecular flexibility index (Phi) is 4.39. The lowest BCUT2D eigenvalue weighted by Gasteiger charge is -2.14. The molecule has 1 heterocycles. The average Bonchev–Trinajstić information content (AvgIpc) is 3.02. The van der Waals surface area contributed by atoms with Crippen molar-refractivity contribution in [2.45, 2.75) is 12.4 Å². The van der Waals surface area contributed by atoms with Gasteiger partial charge in [0, 0.05) is 0 Å². The Morgan fingerprint density at radius 2 is 1.70 bits per heavy atom.